The highest BCUT2D eigenvalue weighted by Crippen LogP contribution is 2.74. The molecule has 0 aromatic heterocycles. The van der Waals surface area contributed by atoms with Crippen LogP contribution in [0, 0.1) is 51.8 Å². The number of hydrogen-bond acceptors (Lipinski definition) is 3. The van der Waals surface area contributed by atoms with E-state index in [0.29, 0.717) is 28.3 Å². The van der Waals surface area contributed by atoms with Gasteiger partial charge in [0.15, 0.2) is 0 Å². The van der Waals surface area contributed by atoms with Gasteiger partial charge < -0.3 is 9.84 Å². The molecule has 4 aliphatic carbocycles. The highest BCUT2D eigenvalue weighted by molar-refractivity contribution is 5.19. The third-order valence-corrected chi connectivity index (χ3v) is 12.7. The van der Waals surface area contributed by atoms with Crippen LogP contribution in [0.25, 0.3) is 0 Å². The van der Waals surface area contributed by atoms with E-state index < -0.39 is 0 Å². The Morgan fingerprint density at radius 2 is 1.55 bits per heavy atom. The third-order valence-electron chi connectivity index (χ3n) is 12.7. The summed E-state index contributed by atoms with van der Waals surface area (Å²) in [7, 11) is 0. The molecule has 176 valence electrons. The van der Waals surface area contributed by atoms with Gasteiger partial charge in [-0.2, -0.15) is 0 Å². The van der Waals surface area contributed by atoms with Crippen LogP contribution in [0.2, 0.25) is 0 Å². The van der Waals surface area contributed by atoms with Gasteiger partial charge in [-0.3, -0.25) is 5.32 Å². The molecule has 31 heavy (non-hydrogen) atoms. The second-order valence-electron chi connectivity index (χ2n) is 13.9. The lowest BCUT2D eigenvalue weighted by molar-refractivity contribution is -0.182. The maximum Gasteiger partial charge on any atom is 0.122 e. The number of piperidine rings is 1. The Labute approximate surface area is 190 Å². The summed E-state index contributed by atoms with van der Waals surface area (Å²) in [5.74, 6) is 4.50. The van der Waals surface area contributed by atoms with E-state index in [1.165, 1.54) is 51.4 Å². The molecule has 0 amide bonds. The predicted octanol–water partition coefficient (Wildman–Crippen LogP) is 5.76. The zero-order chi connectivity index (χ0) is 21.8. The molecular formula is C28H47NO2. The van der Waals surface area contributed by atoms with Gasteiger partial charge in [-0.1, -0.05) is 34.6 Å². The maximum atomic E-state index is 10.4. The number of nitrogens with one attached hydrogen (secondary N) is 1. The Hall–Kier alpha value is -0.120. The van der Waals surface area contributed by atoms with Crippen LogP contribution in [0.5, 0.6) is 0 Å². The van der Waals surface area contributed by atoms with E-state index in [9.17, 15) is 5.11 Å². The normalized spacial score (nSPS) is 63.3. The summed E-state index contributed by atoms with van der Waals surface area (Å²) in [6.45, 7) is 14.0. The number of aliphatic hydroxyl groups is 1. The van der Waals surface area contributed by atoms with Crippen molar-refractivity contribution >= 4 is 0 Å². The SMILES string of the molecule is CC1CC[C@]2(NC1)O[C@H]1C[C@H]3[C@]4(C)CC[C@H]5C[C@@H](O)CC[C@]5(C)[C@H]4CC[C@]3(C)[C@H]1[C@@H]2C. The molecule has 1 spiro atoms. The maximum absolute atomic E-state index is 10.4. The standard InChI is InChI=1S/C28H47NO2/c1-17-6-13-28(29-16-17)18(2)24-21(31-28)15-23-26(4)10-7-19-14-20(30)8-11-25(19,3)22(26)9-12-27(23,24)5/h17-24,29-30H,6-16H2,1-5H3/t17?,18-,19-,20-,21-,22+,23-,24-,25-,26+,27-,28-/m0/s1. The minimum atomic E-state index is -0.0449. The minimum absolute atomic E-state index is 0.0433. The van der Waals surface area contributed by atoms with Gasteiger partial charge in [0.1, 0.15) is 5.72 Å². The lowest BCUT2D eigenvalue weighted by Crippen LogP contribution is -2.60. The molecule has 0 radical (unpaired) electrons. The number of rotatable bonds is 0. The lowest BCUT2D eigenvalue weighted by atomic mass is 9.39. The van der Waals surface area contributed by atoms with Gasteiger partial charge in [-0.05, 0) is 110 Å². The van der Waals surface area contributed by atoms with Crippen molar-refractivity contribution in [3.05, 3.63) is 0 Å². The first kappa shape index (κ1) is 21.4. The van der Waals surface area contributed by atoms with Crippen molar-refractivity contribution in [1.82, 2.24) is 5.32 Å². The molecule has 0 bridgehead atoms. The first-order valence-electron chi connectivity index (χ1n) is 13.7. The molecule has 2 aliphatic heterocycles. The van der Waals surface area contributed by atoms with E-state index in [0.717, 1.165) is 49.0 Å². The van der Waals surface area contributed by atoms with Crippen molar-refractivity contribution in [3.63, 3.8) is 0 Å². The average Bonchev–Trinajstić information content (AvgIpc) is 3.17. The number of ether oxygens (including phenoxy) is 1. The van der Waals surface area contributed by atoms with Crippen molar-refractivity contribution in [2.24, 2.45) is 51.8 Å². The first-order valence-corrected chi connectivity index (χ1v) is 13.7. The van der Waals surface area contributed by atoms with E-state index >= 15 is 0 Å². The molecule has 2 N–H and O–H groups in total. The van der Waals surface area contributed by atoms with Crippen LogP contribution >= 0.6 is 0 Å². The zero-order valence-corrected chi connectivity index (χ0v) is 20.8. The fourth-order valence-corrected chi connectivity index (χ4v) is 11.1. The molecular weight excluding hydrogens is 382 g/mol. The Balaban J connectivity index is 1.30. The molecule has 0 aromatic rings. The third kappa shape index (κ3) is 2.69. The van der Waals surface area contributed by atoms with E-state index in [1.807, 2.05) is 0 Å². The summed E-state index contributed by atoms with van der Waals surface area (Å²) in [4.78, 5) is 0. The van der Waals surface area contributed by atoms with Crippen molar-refractivity contribution in [2.45, 2.75) is 117 Å². The van der Waals surface area contributed by atoms with E-state index in [-0.39, 0.29) is 11.8 Å². The molecule has 1 unspecified atom stereocenters. The largest absolute Gasteiger partial charge is 0.393 e. The molecule has 6 rings (SSSR count). The van der Waals surface area contributed by atoms with Gasteiger partial charge in [0, 0.05) is 12.5 Å². The topological polar surface area (TPSA) is 41.5 Å². The Morgan fingerprint density at radius 1 is 0.806 bits per heavy atom. The van der Waals surface area contributed by atoms with Gasteiger partial charge in [-0.15, -0.1) is 0 Å². The van der Waals surface area contributed by atoms with Gasteiger partial charge in [0.25, 0.3) is 0 Å². The summed E-state index contributed by atoms with van der Waals surface area (Å²) in [6.07, 6.45) is 13.1. The summed E-state index contributed by atoms with van der Waals surface area (Å²) < 4.78 is 7.06. The molecule has 6 aliphatic rings. The second kappa shape index (κ2) is 6.72. The number of fused-ring (bicyclic) bond motifs is 7. The van der Waals surface area contributed by atoms with Crippen LogP contribution in [0.15, 0.2) is 0 Å². The monoisotopic (exact) mass is 429 g/mol. The summed E-state index contributed by atoms with van der Waals surface area (Å²) in [5, 5.41) is 14.3. The fourth-order valence-electron chi connectivity index (χ4n) is 11.1. The molecule has 3 heteroatoms. The van der Waals surface area contributed by atoms with Crippen LogP contribution in [0.3, 0.4) is 0 Å². The predicted molar refractivity (Wildman–Crippen MR) is 124 cm³/mol. The zero-order valence-electron chi connectivity index (χ0n) is 20.8. The Kier molecular flexibility index (Phi) is 4.65. The van der Waals surface area contributed by atoms with Crippen molar-refractivity contribution in [2.75, 3.05) is 6.54 Å². The lowest BCUT2D eigenvalue weighted by Gasteiger charge is -2.66. The summed E-state index contributed by atoms with van der Waals surface area (Å²) >= 11 is 0. The molecule has 4 saturated carbocycles. The quantitative estimate of drug-likeness (QED) is 0.514. The summed E-state index contributed by atoms with van der Waals surface area (Å²) in [6, 6.07) is 0. The average molecular weight is 430 g/mol. The molecule has 6 fully saturated rings. The molecule has 3 nitrogen and oxygen atoms in total. The highest BCUT2D eigenvalue weighted by atomic mass is 16.5. The smallest absolute Gasteiger partial charge is 0.122 e. The van der Waals surface area contributed by atoms with Crippen molar-refractivity contribution in [1.29, 1.82) is 0 Å². The van der Waals surface area contributed by atoms with Gasteiger partial charge in [0.05, 0.1) is 12.2 Å². The van der Waals surface area contributed by atoms with Gasteiger partial charge >= 0.3 is 0 Å². The molecule has 2 saturated heterocycles. The van der Waals surface area contributed by atoms with Crippen molar-refractivity contribution in [3.8, 4) is 0 Å². The van der Waals surface area contributed by atoms with Crippen LogP contribution in [0.4, 0.5) is 0 Å². The molecule has 0 aromatic carbocycles. The molecule has 2 heterocycles. The van der Waals surface area contributed by atoms with Gasteiger partial charge in [-0.25, -0.2) is 0 Å². The van der Waals surface area contributed by atoms with Crippen LogP contribution < -0.4 is 5.32 Å². The minimum Gasteiger partial charge on any atom is -0.393 e. The van der Waals surface area contributed by atoms with Crippen molar-refractivity contribution < 1.29 is 9.84 Å². The summed E-state index contributed by atoms with van der Waals surface area (Å²) in [5.41, 5.74) is 1.29. The van der Waals surface area contributed by atoms with Crippen LogP contribution in [-0.4, -0.2) is 29.6 Å². The van der Waals surface area contributed by atoms with Crippen LogP contribution in [0.1, 0.15) is 98.8 Å². The Bertz CT molecular complexity index is 731. The van der Waals surface area contributed by atoms with E-state index in [1.54, 1.807) is 0 Å². The van der Waals surface area contributed by atoms with E-state index in [2.05, 4.69) is 39.9 Å². The fraction of sp³-hybridized carbons (Fsp3) is 1.00. The highest BCUT2D eigenvalue weighted by Gasteiger charge is 2.71. The molecule has 12 atom stereocenters. The number of hydrogen-bond donors (Lipinski definition) is 2. The van der Waals surface area contributed by atoms with Crippen LogP contribution in [-0.2, 0) is 4.74 Å². The Morgan fingerprint density at radius 3 is 2.29 bits per heavy atom. The number of aliphatic hydroxyl groups excluding tert-OH is 1. The second-order valence-corrected chi connectivity index (χ2v) is 13.9. The van der Waals surface area contributed by atoms with E-state index in [4.69, 9.17) is 4.74 Å². The van der Waals surface area contributed by atoms with Gasteiger partial charge in [0.2, 0.25) is 0 Å². The first-order chi connectivity index (χ1) is 14.6.